The molecule has 0 fully saturated rings. The minimum atomic E-state index is -0.214. The maximum atomic E-state index is 12.9. The normalized spacial score (nSPS) is 13.9. The molecule has 0 N–H and O–H groups in total. The van der Waals surface area contributed by atoms with Crippen LogP contribution in [0.5, 0.6) is 5.75 Å². The standard InChI is InChI=1S/C23H24N2O2/c1-16(2)21-13-17(8-9-22(21)27-3)12-20(14-24)23(26)25-11-10-18-6-4-5-7-19(18)15-25/h4-9,12-13,16H,10-11,15H2,1-3H3/b20-12+. The van der Waals surface area contributed by atoms with E-state index in [1.807, 2.05) is 36.4 Å². The molecule has 0 bridgehead atoms. The van der Waals surface area contributed by atoms with E-state index in [1.165, 1.54) is 5.56 Å². The fourth-order valence-corrected chi connectivity index (χ4v) is 3.44. The number of carbonyl (C=O) groups excluding carboxylic acids is 1. The van der Waals surface area contributed by atoms with Gasteiger partial charge in [0.15, 0.2) is 0 Å². The first kappa shape index (κ1) is 18.7. The summed E-state index contributed by atoms with van der Waals surface area (Å²) >= 11 is 0. The number of carbonyl (C=O) groups is 1. The first-order chi connectivity index (χ1) is 13.0. The number of ether oxygens (including phenoxy) is 1. The van der Waals surface area contributed by atoms with Gasteiger partial charge in [0.1, 0.15) is 17.4 Å². The number of benzene rings is 2. The zero-order valence-electron chi connectivity index (χ0n) is 16.0. The second kappa shape index (κ2) is 8.09. The van der Waals surface area contributed by atoms with Gasteiger partial charge in [0.2, 0.25) is 0 Å². The van der Waals surface area contributed by atoms with Crippen molar-refractivity contribution in [2.24, 2.45) is 0 Å². The van der Waals surface area contributed by atoms with Crippen molar-refractivity contribution >= 4 is 12.0 Å². The van der Waals surface area contributed by atoms with Crippen LogP contribution in [-0.4, -0.2) is 24.5 Å². The molecule has 1 amide bonds. The van der Waals surface area contributed by atoms with Gasteiger partial charge < -0.3 is 9.64 Å². The van der Waals surface area contributed by atoms with E-state index in [1.54, 1.807) is 18.1 Å². The van der Waals surface area contributed by atoms with E-state index >= 15 is 0 Å². The Morgan fingerprint density at radius 1 is 1.22 bits per heavy atom. The molecule has 0 saturated heterocycles. The van der Waals surface area contributed by atoms with E-state index in [2.05, 4.69) is 26.0 Å². The summed E-state index contributed by atoms with van der Waals surface area (Å²) in [6, 6.07) is 16.0. The smallest absolute Gasteiger partial charge is 0.264 e. The second-order valence-electron chi connectivity index (χ2n) is 7.07. The molecule has 4 heteroatoms. The first-order valence-electron chi connectivity index (χ1n) is 9.19. The van der Waals surface area contributed by atoms with Gasteiger partial charge in [-0.2, -0.15) is 5.26 Å². The molecule has 3 rings (SSSR count). The summed E-state index contributed by atoms with van der Waals surface area (Å²) in [5.41, 5.74) is 4.49. The average molecular weight is 360 g/mol. The monoisotopic (exact) mass is 360 g/mol. The third-order valence-corrected chi connectivity index (χ3v) is 4.96. The highest BCUT2D eigenvalue weighted by Crippen LogP contribution is 2.28. The van der Waals surface area contributed by atoms with E-state index in [9.17, 15) is 10.1 Å². The highest BCUT2D eigenvalue weighted by molar-refractivity contribution is 6.01. The molecule has 27 heavy (non-hydrogen) atoms. The predicted octanol–water partition coefficient (Wildman–Crippen LogP) is 4.31. The van der Waals surface area contributed by atoms with Crippen LogP contribution in [0.1, 0.15) is 42.0 Å². The fourth-order valence-electron chi connectivity index (χ4n) is 3.44. The lowest BCUT2D eigenvalue weighted by Crippen LogP contribution is -2.36. The van der Waals surface area contributed by atoms with E-state index in [0.29, 0.717) is 13.1 Å². The Labute approximate surface area is 160 Å². The molecule has 138 valence electrons. The largest absolute Gasteiger partial charge is 0.496 e. The average Bonchev–Trinajstić information content (AvgIpc) is 2.70. The molecule has 1 heterocycles. The zero-order valence-corrected chi connectivity index (χ0v) is 16.0. The van der Waals surface area contributed by atoms with Crippen LogP contribution in [0.2, 0.25) is 0 Å². The molecule has 0 atom stereocenters. The maximum Gasteiger partial charge on any atom is 0.264 e. The SMILES string of the molecule is COc1ccc(/C=C(\C#N)C(=O)N2CCc3ccccc3C2)cc1C(C)C. The number of fused-ring (bicyclic) bond motifs is 1. The number of methoxy groups -OCH3 is 1. The van der Waals surface area contributed by atoms with Crippen molar-refractivity contribution in [1.29, 1.82) is 5.26 Å². The molecule has 2 aromatic carbocycles. The number of nitrogens with zero attached hydrogens (tertiary/aromatic N) is 2. The highest BCUT2D eigenvalue weighted by Gasteiger charge is 2.23. The third-order valence-electron chi connectivity index (χ3n) is 4.96. The number of hydrogen-bond donors (Lipinski definition) is 0. The van der Waals surface area contributed by atoms with Crippen LogP contribution in [-0.2, 0) is 17.8 Å². The summed E-state index contributed by atoms with van der Waals surface area (Å²) < 4.78 is 5.41. The van der Waals surface area contributed by atoms with Gasteiger partial charge in [-0.1, -0.05) is 44.2 Å². The van der Waals surface area contributed by atoms with Gasteiger partial charge in [-0.15, -0.1) is 0 Å². The van der Waals surface area contributed by atoms with Crippen molar-refractivity contribution in [3.8, 4) is 11.8 Å². The quantitative estimate of drug-likeness (QED) is 0.603. The van der Waals surface area contributed by atoms with Gasteiger partial charge in [-0.3, -0.25) is 4.79 Å². The molecular formula is C23H24N2O2. The van der Waals surface area contributed by atoms with Crippen molar-refractivity contribution in [1.82, 2.24) is 4.90 Å². The molecule has 2 aromatic rings. The molecule has 4 nitrogen and oxygen atoms in total. The lowest BCUT2D eigenvalue weighted by molar-refractivity contribution is -0.127. The van der Waals surface area contributed by atoms with E-state index < -0.39 is 0 Å². The molecule has 0 saturated carbocycles. The van der Waals surface area contributed by atoms with E-state index in [-0.39, 0.29) is 17.4 Å². The van der Waals surface area contributed by atoms with Crippen LogP contribution in [0.15, 0.2) is 48.0 Å². The number of hydrogen-bond acceptors (Lipinski definition) is 3. The van der Waals surface area contributed by atoms with E-state index in [4.69, 9.17) is 4.74 Å². The summed E-state index contributed by atoms with van der Waals surface area (Å²) in [5, 5.41) is 9.57. The zero-order chi connectivity index (χ0) is 19.4. The summed E-state index contributed by atoms with van der Waals surface area (Å²) in [5.74, 6) is 0.890. The lowest BCUT2D eigenvalue weighted by Gasteiger charge is -2.28. The number of rotatable bonds is 4. The van der Waals surface area contributed by atoms with Crippen LogP contribution in [0.3, 0.4) is 0 Å². The lowest BCUT2D eigenvalue weighted by atomic mass is 9.97. The van der Waals surface area contributed by atoms with Gasteiger partial charge >= 0.3 is 0 Å². The Hall–Kier alpha value is -3.06. The van der Waals surface area contributed by atoms with Crippen LogP contribution in [0.4, 0.5) is 0 Å². The summed E-state index contributed by atoms with van der Waals surface area (Å²) in [6.45, 7) is 5.36. The van der Waals surface area contributed by atoms with Crippen molar-refractivity contribution in [3.63, 3.8) is 0 Å². The first-order valence-corrected chi connectivity index (χ1v) is 9.19. The molecule has 0 radical (unpaired) electrons. The Morgan fingerprint density at radius 2 is 1.96 bits per heavy atom. The van der Waals surface area contributed by atoms with Crippen molar-refractivity contribution < 1.29 is 9.53 Å². The van der Waals surface area contributed by atoms with Gasteiger partial charge in [0.25, 0.3) is 5.91 Å². The van der Waals surface area contributed by atoms with Crippen molar-refractivity contribution in [2.75, 3.05) is 13.7 Å². The molecule has 0 unspecified atom stereocenters. The van der Waals surface area contributed by atoms with Crippen molar-refractivity contribution in [2.45, 2.75) is 32.7 Å². The second-order valence-corrected chi connectivity index (χ2v) is 7.07. The van der Waals surface area contributed by atoms with Crippen LogP contribution in [0.25, 0.3) is 6.08 Å². The molecule has 0 aliphatic carbocycles. The summed E-state index contributed by atoms with van der Waals surface area (Å²) in [6.07, 6.45) is 2.49. The molecule has 1 aliphatic rings. The molecular weight excluding hydrogens is 336 g/mol. The van der Waals surface area contributed by atoms with E-state index in [0.717, 1.165) is 28.9 Å². The van der Waals surface area contributed by atoms with Crippen molar-refractivity contribution in [3.05, 3.63) is 70.3 Å². The van der Waals surface area contributed by atoms with Crippen LogP contribution >= 0.6 is 0 Å². The summed E-state index contributed by atoms with van der Waals surface area (Å²) in [4.78, 5) is 14.7. The van der Waals surface area contributed by atoms with Crippen LogP contribution in [0, 0.1) is 11.3 Å². The Balaban J connectivity index is 1.86. The summed E-state index contributed by atoms with van der Waals surface area (Å²) in [7, 11) is 1.65. The third kappa shape index (κ3) is 4.03. The Morgan fingerprint density at radius 3 is 2.63 bits per heavy atom. The Kier molecular flexibility index (Phi) is 5.61. The van der Waals surface area contributed by atoms with Gasteiger partial charge in [-0.05, 0) is 52.8 Å². The minimum absolute atomic E-state index is 0.161. The van der Waals surface area contributed by atoms with Gasteiger partial charge in [0, 0.05) is 13.1 Å². The van der Waals surface area contributed by atoms with Crippen LogP contribution < -0.4 is 4.74 Å². The fraction of sp³-hybridized carbons (Fsp3) is 0.304. The molecule has 0 aromatic heterocycles. The number of nitriles is 1. The Bertz CT molecular complexity index is 922. The number of amides is 1. The predicted molar refractivity (Wildman–Crippen MR) is 106 cm³/mol. The highest BCUT2D eigenvalue weighted by atomic mass is 16.5. The van der Waals surface area contributed by atoms with Gasteiger partial charge in [-0.25, -0.2) is 0 Å². The minimum Gasteiger partial charge on any atom is -0.496 e. The van der Waals surface area contributed by atoms with Gasteiger partial charge in [0.05, 0.1) is 7.11 Å². The molecule has 0 spiro atoms. The topological polar surface area (TPSA) is 53.3 Å². The maximum absolute atomic E-state index is 12.9. The molecule has 1 aliphatic heterocycles.